The van der Waals surface area contributed by atoms with Crippen LogP contribution in [0, 0.1) is 0 Å². The predicted octanol–water partition coefficient (Wildman–Crippen LogP) is 2.64. The van der Waals surface area contributed by atoms with Gasteiger partial charge in [-0.25, -0.2) is 0 Å². The first-order valence-electron chi connectivity index (χ1n) is 11.4. The summed E-state index contributed by atoms with van der Waals surface area (Å²) in [6.45, 7) is 5.29. The lowest BCUT2D eigenvalue weighted by Crippen LogP contribution is -2.51. The number of methoxy groups -OCH3 is 1. The molecule has 1 amide bonds. The molecule has 3 heterocycles. The number of carbonyl (C=O) groups is 1. The highest BCUT2D eigenvalue weighted by Crippen LogP contribution is 2.35. The van der Waals surface area contributed by atoms with Gasteiger partial charge in [0, 0.05) is 44.7 Å². The Morgan fingerprint density at radius 1 is 1.06 bits per heavy atom. The SMILES string of the molecule is COc1ccccc1CN1CCOC(C(=O)N2CCc3cc4c(cc3C2)OCCCO4)C1. The fourth-order valence-electron chi connectivity index (χ4n) is 4.67. The highest BCUT2D eigenvalue weighted by molar-refractivity contribution is 5.81. The Hall–Kier alpha value is -2.77. The van der Waals surface area contributed by atoms with Crippen molar-refractivity contribution in [1.29, 1.82) is 0 Å². The van der Waals surface area contributed by atoms with Crippen LogP contribution in [-0.4, -0.2) is 68.4 Å². The number of benzene rings is 2. The molecule has 1 saturated heterocycles. The molecule has 0 aromatic heterocycles. The number of carbonyl (C=O) groups excluding carboxylic acids is 1. The van der Waals surface area contributed by atoms with Gasteiger partial charge >= 0.3 is 0 Å². The number of ether oxygens (including phenoxy) is 4. The van der Waals surface area contributed by atoms with Crippen LogP contribution in [0.4, 0.5) is 0 Å². The molecule has 1 atom stereocenters. The van der Waals surface area contributed by atoms with Crippen molar-refractivity contribution in [2.45, 2.75) is 32.0 Å². The summed E-state index contributed by atoms with van der Waals surface area (Å²) in [5.74, 6) is 2.54. The summed E-state index contributed by atoms with van der Waals surface area (Å²) in [5, 5.41) is 0. The lowest BCUT2D eigenvalue weighted by Gasteiger charge is -2.37. The lowest BCUT2D eigenvalue weighted by atomic mass is 9.98. The second-order valence-electron chi connectivity index (χ2n) is 8.53. The number of amides is 1. The van der Waals surface area contributed by atoms with Gasteiger partial charge < -0.3 is 23.8 Å². The monoisotopic (exact) mass is 438 g/mol. The number of hydrogen-bond acceptors (Lipinski definition) is 6. The van der Waals surface area contributed by atoms with E-state index in [0.29, 0.717) is 39.5 Å². The Kier molecular flexibility index (Phi) is 6.19. The molecule has 3 aliphatic rings. The molecule has 32 heavy (non-hydrogen) atoms. The molecule has 0 spiro atoms. The van der Waals surface area contributed by atoms with Crippen molar-refractivity contribution in [3.63, 3.8) is 0 Å². The van der Waals surface area contributed by atoms with Crippen LogP contribution >= 0.6 is 0 Å². The minimum atomic E-state index is -0.444. The summed E-state index contributed by atoms with van der Waals surface area (Å²) in [5.41, 5.74) is 3.49. The van der Waals surface area contributed by atoms with Gasteiger partial charge in [-0.2, -0.15) is 0 Å². The van der Waals surface area contributed by atoms with Crippen molar-refractivity contribution in [1.82, 2.24) is 9.80 Å². The fraction of sp³-hybridized carbons (Fsp3) is 0.480. The van der Waals surface area contributed by atoms with Gasteiger partial charge in [0.05, 0.1) is 26.9 Å². The van der Waals surface area contributed by atoms with Crippen molar-refractivity contribution in [2.75, 3.05) is 46.6 Å². The first-order chi connectivity index (χ1) is 15.7. The minimum absolute atomic E-state index is 0.0625. The third-order valence-electron chi connectivity index (χ3n) is 6.41. The van der Waals surface area contributed by atoms with Crippen molar-refractivity contribution < 1.29 is 23.7 Å². The summed E-state index contributed by atoms with van der Waals surface area (Å²) < 4.78 is 23.1. The molecule has 0 radical (unpaired) electrons. The highest BCUT2D eigenvalue weighted by Gasteiger charge is 2.32. The average molecular weight is 439 g/mol. The molecule has 7 nitrogen and oxygen atoms in total. The largest absolute Gasteiger partial charge is 0.496 e. The Bertz CT molecular complexity index is 979. The first kappa shape index (κ1) is 21.1. The van der Waals surface area contributed by atoms with Crippen LogP contribution in [0.2, 0.25) is 0 Å². The molecule has 1 fully saturated rings. The molecule has 1 unspecified atom stereocenters. The van der Waals surface area contributed by atoms with Crippen LogP contribution in [0.3, 0.4) is 0 Å². The summed E-state index contributed by atoms with van der Waals surface area (Å²) in [6.07, 6.45) is 1.25. The first-order valence-corrected chi connectivity index (χ1v) is 11.4. The normalized spacial score (nSPS) is 20.9. The standard InChI is InChI=1S/C25H30N2O5/c1-29-21-6-3-2-5-19(21)15-26-9-12-32-24(17-26)25(28)27-8-7-18-13-22-23(14-20(18)16-27)31-11-4-10-30-22/h2-3,5-6,13-14,24H,4,7-12,15-17H2,1H3. The number of para-hydroxylation sites is 1. The Labute approximate surface area is 188 Å². The van der Waals surface area contributed by atoms with Crippen LogP contribution in [0.15, 0.2) is 36.4 Å². The number of fused-ring (bicyclic) bond motifs is 2. The number of hydrogen-bond donors (Lipinski definition) is 0. The third-order valence-corrected chi connectivity index (χ3v) is 6.41. The minimum Gasteiger partial charge on any atom is -0.496 e. The fourth-order valence-corrected chi connectivity index (χ4v) is 4.67. The molecular formula is C25H30N2O5. The van der Waals surface area contributed by atoms with Gasteiger partial charge in [-0.15, -0.1) is 0 Å². The van der Waals surface area contributed by atoms with E-state index < -0.39 is 6.10 Å². The molecule has 0 aliphatic carbocycles. The number of rotatable bonds is 4. The Morgan fingerprint density at radius 3 is 2.66 bits per heavy atom. The van der Waals surface area contributed by atoms with E-state index >= 15 is 0 Å². The van der Waals surface area contributed by atoms with Gasteiger partial charge in [0.1, 0.15) is 11.9 Å². The zero-order valence-corrected chi connectivity index (χ0v) is 18.5. The molecule has 0 N–H and O–H groups in total. The zero-order chi connectivity index (χ0) is 21.9. The van der Waals surface area contributed by atoms with Crippen LogP contribution in [0.25, 0.3) is 0 Å². The molecule has 170 valence electrons. The summed E-state index contributed by atoms with van der Waals surface area (Å²) in [7, 11) is 1.69. The summed E-state index contributed by atoms with van der Waals surface area (Å²) in [4.78, 5) is 17.5. The van der Waals surface area contributed by atoms with Crippen LogP contribution in [0.5, 0.6) is 17.2 Å². The third kappa shape index (κ3) is 4.40. The molecule has 5 rings (SSSR count). The van der Waals surface area contributed by atoms with Crippen LogP contribution in [-0.2, 0) is 29.0 Å². The van der Waals surface area contributed by atoms with E-state index in [-0.39, 0.29) is 5.91 Å². The molecule has 0 saturated carbocycles. The average Bonchev–Trinajstić information content (AvgIpc) is 3.07. The van der Waals surface area contributed by atoms with Gasteiger partial charge in [0.15, 0.2) is 11.5 Å². The smallest absolute Gasteiger partial charge is 0.253 e. The zero-order valence-electron chi connectivity index (χ0n) is 18.5. The van der Waals surface area contributed by atoms with Crippen molar-refractivity contribution >= 4 is 5.91 Å². The maximum atomic E-state index is 13.3. The number of morpholine rings is 1. The predicted molar refractivity (Wildman–Crippen MR) is 119 cm³/mol. The quantitative estimate of drug-likeness (QED) is 0.732. The molecule has 3 aliphatic heterocycles. The van der Waals surface area contributed by atoms with E-state index in [1.54, 1.807) is 7.11 Å². The molecular weight excluding hydrogens is 408 g/mol. The van der Waals surface area contributed by atoms with Crippen molar-refractivity contribution in [3.05, 3.63) is 53.1 Å². The second-order valence-corrected chi connectivity index (χ2v) is 8.53. The second kappa shape index (κ2) is 9.38. The lowest BCUT2D eigenvalue weighted by molar-refractivity contribution is -0.150. The van der Waals surface area contributed by atoms with E-state index in [4.69, 9.17) is 18.9 Å². The van der Waals surface area contributed by atoms with Gasteiger partial charge in [-0.1, -0.05) is 18.2 Å². The van der Waals surface area contributed by atoms with Crippen molar-refractivity contribution in [2.24, 2.45) is 0 Å². The number of nitrogens with zero attached hydrogens (tertiary/aromatic N) is 2. The van der Waals surface area contributed by atoms with Crippen LogP contribution < -0.4 is 14.2 Å². The molecule has 7 heteroatoms. The van der Waals surface area contributed by atoms with E-state index in [9.17, 15) is 4.79 Å². The van der Waals surface area contributed by atoms with Crippen LogP contribution in [0.1, 0.15) is 23.1 Å². The maximum absolute atomic E-state index is 13.3. The Balaban J connectivity index is 1.25. The maximum Gasteiger partial charge on any atom is 0.253 e. The van der Waals surface area contributed by atoms with Gasteiger partial charge in [0.25, 0.3) is 5.91 Å². The molecule has 2 aromatic carbocycles. The van der Waals surface area contributed by atoms with Crippen molar-refractivity contribution in [3.8, 4) is 17.2 Å². The highest BCUT2D eigenvalue weighted by atomic mass is 16.5. The molecule has 2 aromatic rings. The topological polar surface area (TPSA) is 60.5 Å². The van der Waals surface area contributed by atoms with Gasteiger partial charge in [0.2, 0.25) is 0 Å². The Morgan fingerprint density at radius 2 is 1.84 bits per heavy atom. The van der Waals surface area contributed by atoms with E-state index in [2.05, 4.69) is 17.0 Å². The summed E-state index contributed by atoms with van der Waals surface area (Å²) >= 11 is 0. The van der Waals surface area contributed by atoms with E-state index in [1.165, 1.54) is 5.56 Å². The molecule has 0 bridgehead atoms. The van der Waals surface area contributed by atoms with Gasteiger partial charge in [-0.05, 0) is 35.7 Å². The van der Waals surface area contributed by atoms with E-state index in [0.717, 1.165) is 54.3 Å². The van der Waals surface area contributed by atoms with E-state index in [1.807, 2.05) is 29.2 Å². The summed E-state index contributed by atoms with van der Waals surface area (Å²) in [6, 6.07) is 12.2. The van der Waals surface area contributed by atoms with Gasteiger partial charge in [-0.3, -0.25) is 9.69 Å².